The number of esters is 2. The maximum atomic E-state index is 12.5. The van der Waals surface area contributed by atoms with E-state index < -0.39 is 17.9 Å². The number of nitriles is 1. The first-order chi connectivity index (χ1) is 12.3. The van der Waals surface area contributed by atoms with E-state index in [0.717, 1.165) is 0 Å². The predicted octanol–water partition coefficient (Wildman–Crippen LogP) is 3.47. The van der Waals surface area contributed by atoms with Crippen molar-refractivity contribution in [1.29, 1.82) is 5.26 Å². The van der Waals surface area contributed by atoms with Crippen molar-refractivity contribution in [2.75, 3.05) is 14.2 Å². The Bertz CT molecular complexity index is 868. The molecule has 0 spiro atoms. The Morgan fingerprint density at radius 1 is 1.27 bits per heavy atom. The molecular weight excluding hydrogens is 379 g/mol. The van der Waals surface area contributed by atoms with Gasteiger partial charge in [0.25, 0.3) is 0 Å². The van der Waals surface area contributed by atoms with Gasteiger partial charge in [-0.1, -0.05) is 29.3 Å². The quantitative estimate of drug-likeness (QED) is 0.786. The zero-order chi connectivity index (χ0) is 19.4. The number of nitrogens with zero attached hydrogens (tertiary/aromatic N) is 1. The molecule has 1 heterocycles. The highest BCUT2D eigenvalue weighted by Gasteiger charge is 2.36. The lowest BCUT2D eigenvalue weighted by Crippen LogP contribution is -2.31. The minimum atomic E-state index is -0.793. The molecule has 1 aromatic carbocycles. The van der Waals surface area contributed by atoms with Crippen molar-refractivity contribution in [3.63, 3.8) is 0 Å². The van der Waals surface area contributed by atoms with Crippen molar-refractivity contribution in [2.24, 2.45) is 0 Å². The number of allylic oxidation sites excluding steroid dienone is 2. The minimum absolute atomic E-state index is 0.129. The SMILES string of the molecule is COC(=O)CC1=C(C(=O)OC)C(c2ccc(Cl)cc2Cl)C(C#N)=C(C)N1. The van der Waals surface area contributed by atoms with Gasteiger partial charge in [0.05, 0.1) is 43.8 Å². The summed E-state index contributed by atoms with van der Waals surface area (Å²) in [7, 11) is 2.48. The Morgan fingerprint density at radius 2 is 1.96 bits per heavy atom. The molecule has 0 saturated heterocycles. The normalized spacial score (nSPS) is 16.7. The monoisotopic (exact) mass is 394 g/mol. The van der Waals surface area contributed by atoms with Crippen LogP contribution in [0.1, 0.15) is 24.8 Å². The van der Waals surface area contributed by atoms with Crippen molar-refractivity contribution >= 4 is 35.1 Å². The summed E-state index contributed by atoms with van der Waals surface area (Å²) in [5, 5.41) is 13.3. The third kappa shape index (κ3) is 3.85. The lowest BCUT2D eigenvalue weighted by atomic mass is 9.80. The summed E-state index contributed by atoms with van der Waals surface area (Å²) in [6.07, 6.45) is -0.182. The van der Waals surface area contributed by atoms with Gasteiger partial charge in [0.2, 0.25) is 0 Å². The van der Waals surface area contributed by atoms with E-state index in [1.165, 1.54) is 20.3 Å². The molecule has 1 aliphatic heterocycles. The average Bonchev–Trinajstić information content (AvgIpc) is 2.60. The Labute approximate surface area is 161 Å². The number of methoxy groups -OCH3 is 2. The number of ether oxygens (including phenoxy) is 2. The summed E-state index contributed by atoms with van der Waals surface area (Å²) in [6, 6.07) is 6.89. The van der Waals surface area contributed by atoms with E-state index in [1.54, 1.807) is 19.1 Å². The summed E-state index contributed by atoms with van der Waals surface area (Å²) in [4.78, 5) is 24.3. The predicted molar refractivity (Wildman–Crippen MR) is 96.3 cm³/mol. The van der Waals surface area contributed by atoms with Gasteiger partial charge in [-0.05, 0) is 24.6 Å². The van der Waals surface area contributed by atoms with E-state index in [1.807, 2.05) is 0 Å². The van der Waals surface area contributed by atoms with Crippen LogP contribution in [0.2, 0.25) is 10.0 Å². The van der Waals surface area contributed by atoms with E-state index >= 15 is 0 Å². The molecular formula is C18H16Cl2N2O4. The van der Waals surface area contributed by atoms with Gasteiger partial charge in [0.1, 0.15) is 0 Å². The van der Waals surface area contributed by atoms with Crippen LogP contribution >= 0.6 is 23.2 Å². The highest BCUT2D eigenvalue weighted by atomic mass is 35.5. The second kappa shape index (κ2) is 8.26. The molecule has 1 unspecified atom stereocenters. The molecule has 0 bridgehead atoms. The molecule has 0 aliphatic carbocycles. The topological polar surface area (TPSA) is 88.4 Å². The van der Waals surface area contributed by atoms with Crippen LogP contribution in [0.4, 0.5) is 0 Å². The summed E-state index contributed by atoms with van der Waals surface area (Å²) in [5.74, 6) is -2.01. The third-order valence-electron chi connectivity index (χ3n) is 3.99. The second-order valence-electron chi connectivity index (χ2n) is 5.51. The number of rotatable bonds is 4. The molecule has 0 amide bonds. The Hall–Kier alpha value is -2.49. The molecule has 2 rings (SSSR count). The minimum Gasteiger partial charge on any atom is -0.469 e. The fourth-order valence-corrected chi connectivity index (χ4v) is 3.32. The first-order valence-corrected chi connectivity index (χ1v) is 8.30. The van der Waals surface area contributed by atoms with Gasteiger partial charge < -0.3 is 14.8 Å². The van der Waals surface area contributed by atoms with Gasteiger partial charge in [-0.25, -0.2) is 4.79 Å². The number of hydrogen-bond acceptors (Lipinski definition) is 6. The van der Waals surface area contributed by atoms with E-state index in [-0.39, 0.29) is 12.0 Å². The van der Waals surface area contributed by atoms with Crippen LogP contribution in [0.5, 0.6) is 0 Å². The highest BCUT2D eigenvalue weighted by molar-refractivity contribution is 6.35. The molecule has 0 aromatic heterocycles. The number of dihydropyridines is 1. The molecule has 8 heteroatoms. The van der Waals surface area contributed by atoms with Crippen LogP contribution in [-0.4, -0.2) is 26.2 Å². The summed E-state index contributed by atoms with van der Waals surface area (Å²) >= 11 is 12.3. The van der Waals surface area contributed by atoms with Gasteiger partial charge in [-0.2, -0.15) is 5.26 Å². The number of carbonyl (C=O) groups excluding carboxylic acids is 2. The number of carbonyl (C=O) groups is 2. The number of hydrogen-bond donors (Lipinski definition) is 1. The molecule has 136 valence electrons. The van der Waals surface area contributed by atoms with Crippen molar-refractivity contribution in [3.05, 3.63) is 56.3 Å². The zero-order valence-corrected chi connectivity index (χ0v) is 15.9. The number of nitrogens with one attached hydrogen (secondary N) is 1. The van der Waals surface area contributed by atoms with Crippen molar-refractivity contribution in [1.82, 2.24) is 5.32 Å². The van der Waals surface area contributed by atoms with Crippen LogP contribution in [-0.2, 0) is 19.1 Å². The van der Waals surface area contributed by atoms with Crippen LogP contribution in [0, 0.1) is 11.3 Å². The first-order valence-electron chi connectivity index (χ1n) is 7.55. The van der Waals surface area contributed by atoms with E-state index in [9.17, 15) is 14.9 Å². The van der Waals surface area contributed by atoms with E-state index in [0.29, 0.717) is 32.6 Å². The van der Waals surface area contributed by atoms with E-state index in [2.05, 4.69) is 11.4 Å². The molecule has 0 fully saturated rings. The van der Waals surface area contributed by atoms with Crippen molar-refractivity contribution < 1.29 is 19.1 Å². The van der Waals surface area contributed by atoms with Crippen molar-refractivity contribution in [3.8, 4) is 6.07 Å². The standard InChI is InChI=1S/C18H16Cl2N2O4/c1-9-12(8-21)16(11-5-4-10(19)6-13(11)20)17(18(24)26-3)14(22-9)7-15(23)25-2/h4-6,16,22H,7H2,1-3H3. The fourth-order valence-electron chi connectivity index (χ4n) is 2.80. The maximum Gasteiger partial charge on any atom is 0.336 e. The van der Waals surface area contributed by atoms with Crippen LogP contribution in [0.25, 0.3) is 0 Å². The van der Waals surface area contributed by atoms with Gasteiger partial charge in [0.15, 0.2) is 0 Å². The van der Waals surface area contributed by atoms with Crippen LogP contribution < -0.4 is 5.32 Å². The number of benzene rings is 1. The third-order valence-corrected chi connectivity index (χ3v) is 4.56. The molecule has 26 heavy (non-hydrogen) atoms. The number of halogens is 2. The van der Waals surface area contributed by atoms with E-state index in [4.69, 9.17) is 32.7 Å². The average molecular weight is 395 g/mol. The van der Waals surface area contributed by atoms with Crippen LogP contribution in [0.3, 0.4) is 0 Å². The largest absolute Gasteiger partial charge is 0.469 e. The summed E-state index contributed by atoms with van der Waals surface area (Å²) < 4.78 is 9.58. The Morgan fingerprint density at radius 3 is 2.50 bits per heavy atom. The molecule has 0 radical (unpaired) electrons. The lowest BCUT2D eigenvalue weighted by molar-refractivity contribution is -0.139. The van der Waals surface area contributed by atoms with Gasteiger partial charge >= 0.3 is 11.9 Å². The first kappa shape index (κ1) is 19.8. The fraction of sp³-hybridized carbons (Fsp3) is 0.278. The zero-order valence-electron chi connectivity index (χ0n) is 14.4. The smallest absolute Gasteiger partial charge is 0.336 e. The molecule has 1 aromatic rings. The second-order valence-corrected chi connectivity index (χ2v) is 6.35. The molecule has 0 saturated carbocycles. The van der Waals surface area contributed by atoms with Gasteiger partial charge in [0, 0.05) is 21.4 Å². The lowest BCUT2D eigenvalue weighted by Gasteiger charge is -2.29. The molecule has 1 aliphatic rings. The summed E-state index contributed by atoms with van der Waals surface area (Å²) in [5.41, 5.74) is 1.75. The Balaban J connectivity index is 2.73. The molecule has 1 N–H and O–H groups in total. The Kier molecular flexibility index (Phi) is 6.30. The van der Waals surface area contributed by atoms with Crippen LogP contribution in [0.15, 0.2) is 40.7 Å². The van der Waals surface area contributed by atoms with Crippen molar-refractivity contribution in [2.45, 2.75) is 19.3 Å². The van der Waals surface area contributed by atoms with Gasteiger partial charge in [-0.15, -0.1) is 0 Å². The highest BCUT2D eigenvalue weighted by Crippen LogP contribution is 2.42. The maximum absolute atomic E-state index is 12.5. The van der Waals surface area contributed by atoms with Gasteiger partial charge in [-0.3, -0.25) is 4.79 Å². The summed E-state index contributed by atoms with van der Waals surface area (Å²) in [6.45, 7) is 1.68. The molecule has 1 atom stereocenters. The molecule has 6 nitrogen and oxygen atoms in total.